The third-order valence-electron chi connectivity index (χ3n) is 11.2. The third kappa shape index (κ3) is 9.59. The molecular weight excluding hydrogens is 720 g/mol. The van der Waals surface area contributed by atoms with Gasteiger partial charge in [0, 0.05) is 38.5 Å². The fraction of sp³-hybridized carbons (Fsp3) is 0.838. The van der Waals surface area contributed by atoms with Gasteiger partial charge in [0.05, 0.1) is 39.6 Å². The summed E-state index contributed by atoms with van der Waals surface area (Å²) in [7, 11) is 0. The fourth-order valence-electron chi connectivity index (χ4n) is 8.44. The molecule has 1 unspecified atom stereocenters. The minimum atomic E-state index is -0.820. The molecule has 9 fully saturated rings. The van der Waals surface area contributed by atoms with Gasteiger partial charge < -0.3 is 44.4 Å². The summed E-state index contributed by atoms with van der Waals surface area (Å²) >= 11 is 0. The first-order chi connectivity index (χ1) is 26.4. The maximum absolute atomic E-state index is 11.8. The van der Waals surface area contributed by atoms with Crippen molar-refractivity contribution in [1.82, 2.24) is 31.9 Å². The monoisotopic (exact) mass is 782 g/mol. The second kappa shape index (κ2) is 18.7. The number of amides is 9. The van der Waals surface area contributed by atoms with E-state index in [0.717, 1.165) is 19.3 Å². The van der Waals surface area contributed by atoms with Crippen molar-refractivity contribution in [3.8, 4) is 0 Å². The average molecular weight is 783 g/mol. The number of rotatable bonds is 0. The smallest absolute Gasteiger partial charge is 0.322 e. The maximum atomic E-state index is 11.8. The highest BCUT2D eigenvalue weighted by molar-refractivity contribution is 6.08. The Labute approximate surface area is 323 Å². The van der Waals surface area contributed by atoms with Crippen molar-refractivity contribution in [2.45, 2.75) is 159 Å². The van der Waals surface area contributed by atoms with Gasteiger partial charge in [-0.15, -0.1) is 0 Å². The number of carbonyl (C=O) groups is 6. The van der Waals surface area contributed by atoms with Crippen LogP contribution in [0.5, 0.6) is 0 Å². The Bertz CT molecular complexity index is 1370. The van der Waals surface area contributed by atoms with Crippen molar-refractivity contribution in [2.75, 3.05) is 39.6 Å². The molecule has 0 aromatic carbocycles. The molecule has 1 atom stereocenters. The van der Waals surface area contributed by atoms with Crippen molar-refractivity contribution in [2.24, 2.45) is 0 Å². The van der Waals surface area contributed by atoms with E-state index in [1.165, 1.54) is 0 Å². The van der Waals surface area contributed by atoms with Gasteiger partial charge in [-0.2, -0.15) is 0 Å². The molecular formula is C37H62N6O12. The van der Waals surface area contributed by atoms with Gasteiger partial charge in [-0.05, 0) is 44.9 Å². The van der Waals surface area contributed by atoms with E-state index < -0.39 is 52.1 Å². The number of carbonyl (C=O) groups excluding carboxylic acids is 6. The van der Waals surface area contributed by atoms with E-state index >= 15 is 0 Å². The summed E-state index contributed by atoms with van der Waals surface area (Å²) in [6.45, 7) is 15.8. The first kappa shape index (κ1) is 44.3. The minimum Gasteiger partial charge on any atom is -0.350 e. The molecule has 6 saturated heterocycles. The van der Waals surface area contributed by atoms with Gasteiger partial charge in [-0.3, -0.25) is 30.3 Å². The highest BCUT2D eigenvalue weighted by Gasteiger charge is 2.57. The molecule has 6 aliphatic heterocycles. The fourth-order valence-corrected chi connectivity index (χ4v) is 8.44. The van der Waals surface area contributed by atoms with Crippen molar-refractivity contribution in [1.29, 1.82) is 0 Å². The molecule has 18 nitrogen and oxygen atoms in total. The van der Waals surface area contributed by atoms with Crippen LogP contribution in [0.4, 0.5) is 14.4 Å². The summed E-state index contributed by atoms with van der Waals surface area (Å²) in [5, 5.41) is 15.0. The van der Waals surface area contributed by atoms with Crippen LogP contribution in [-0.2, 0) is 42.8 Å². The molecule has 0 aromatic heterocycles. The zero-order valence-corrected chi connectivity index (χ0v) is 33.3. The van der Waals surface area contributed by atoms with E-state index in [0.29, 0.717) is 104 Å². The highest BCUT2D eigenvalue weighted by Crippen LogP contribution is 2.43. The second-order valence-corrected chi connectivity index (χ2v) is 14.2. The molecule has 6 heterocycles. The minimum absolute atomic E-state index is 0.215. The lowest BCUT2D eigenvalue weighted by Gasteiger charge is -2.44. The van der Waals surface area contributed by atoms with Gasteiger partial charge >= 0.3 is 18.1 Å². The Morgan fingerprint density at radius 3 is 1.04 bits per heavy atom. The van der Waals surface area contributed by atoms with Crippen molar-refractivity contribution >= 4 is 35.8 Å². The predicted octanol–water partition coefficient (Wildman–Crippen LogP) is 3.11. The van der Waals surface area contributed by atoms with E-state index in [4.69, 9.17) is 28.4 Å². The lowest BCUT2D eigenvalue weighted by molar-refractivity contribution is -0.283. The molecule has 6 N–H and O–H groups in total. The topological polar surface area (TPSA) is 230 Å². The molecule has 6 spiro atoms. The number of ether oxygens (including phenoxy) is 6. The van der Waals surface area contributed by atoms with Crippen molar-refractivity contribution < 1.29 is 57.2 Å². The van der Waals surface area contributed by atoms with Crippen LogP contribution >= 0.6 is 0 Å². The van der Waals surface area contributed by atoms with Gasteiger partial charge in [-0.1, -0.05) is 41.5 Å². The van der Waals surface area contributed by atoms with E-state index in [2.05, 4.69) is 31.9 Å². The molecule has 9 aliphatic rings. The Kier molecular flexibility index (Phi) is 15.0. The normalized spacial score (nSPS) is 29.3. The molecule has 9 rings (SSSR count). The standard InChI is InChI=1S/C11H16N2O4.2C10H14N2O4.3C2H6/c14-8-10(13-9(15)12-8)2-4-11(5-3-10)16-6-1-7-17-11;13-7-9(12-8(14)11-7)1-3-10(4-2-9)15-5-6-16-10;13-7-9(12-8(14)11-7)2-1-3-10(6-9)15-4-5-16-10;3*1-2/h1-7H2,(H2,12,13,14,15);2*1-6H2,(H2,11,12,13,14);3*1-2H3. The van der Waals surface area contributed by atoms with Crippen LogP contribution in [0.2, 0.25) is 0 Å². The number of hydrogen-bond acceptors (Lipinski definition) is 12. The van der Waals surface area contributed by atoms with Crippen molar-refractivity contribution in [3.63, 3.8) is 0 Å². The van der Waals surface area contributed by atoms with Gasteiger partial charge in [-0.25, -0.2) is 14.4 Å². The molecule has 312 valence electrons. The summed E-state index contributed by atoms with van der Waals surface area (Å²) in [5.41, 5.74) is -2.27. The summed E-state index contributed by atoms with van der Waals surface area (Å²) in [4.78, 5) is 68.8. The van der Waals surface area contributed by atoms with Crippen LogP contribution in [0.3, 0.4) is 0 Å². The molecule has 0 radical (unpaired) electrons. The largest absolute Gasteiger partial charge is 0.350 e. The van der Waals surface area contributed by atoms with E-state index in [9.17, 15) is 28.8 Å². The average Bonchev–Trinajstić information content (AvgIpc) is 4.01. The molecule has 3 aliphatic carbocycles. The lowest BCUT2D eigenvalue weighted by Crippen LogP contribution is -2.56. The quantitative estimate of drug-likeness (QED) is 0.195. The summed E-state index contributed by atoms with van der Waals surface area (Å²) in [6.07, 6.45) is 8.50. The number of hydrogen-bond donors (Lipinski definition) is 6. The van der Waals surface area contributed by atoms with E-state index in [1.807, 2.05) is 41.5 Å². The van der Waals surface area contributed by atoms with Crippen LogP contribution in [-0.4, -0.2) is 109 Å². The van der Waals surface area contributed by atoms with Gasteiger partial charge in [0.1, 0.15) is 16.6 Å². The molecule has 55 heavy (non-hydrogen) atoms. The molecule has 0 bridgehead atoms. The van der Waals surface area contributed by atoms with Gasteiger partial charge in [0.25, 0.3) is 17.7 Å². The molecule has 3 saturated carbocycles. The number of urea groups is 3. The predicted molar refractivity (Wildman–Crippen MR) is 196 cm³/mol. The van der Waals surface area contributed by atoms with Crippen LogP contribution < -0.4 is 31.9 Å². The molecule has 0 aromatic rings. The molecule has 18 heteroatoms. The first-order valence-electron chi connectivity index (χ1n) is 20.2. The first-order valence-corrected chi connectivity index (χ1v) is 20.2. The van der Waals surface area contributed by atoms with Gasteiger partial charge in [0.2, 0.25) is 0 Å². The zero-order chi connectivity index (χ0) is 40.4. The number of imide groups is 3. The Balaban J connectivity index is 0.000000172. The SMILES string of the molecule is CC.CC.CC.O=C1NC(=O)C2(CCC3(CC2)OCCCO3)N1.O=C1NC(=O)C2(CCC3(CC2)OCCO3)N1.O=C1NC(=O)C2(CCCC3(C2)OCCO3)N1. The van der Waals surface area contributed by atoms with Crippen LogP contribution in [0, 0.1) is 0 Å². The van der Waals surface area contributed by atoms with E-state index in [-0.39, 0.29) is 17.7 Å². The third-order valence-corrected chi connectivity index (χ3v) is 11.2. The van der Waals surface area contributed by atoms with E-state index in [1.54, 1.807) is 0 Å². The van der Waals surface area contributed by atoms with Gasteiger partial charge in [0.15, 0.2) is 17.4 Å². The Morgan fingerprint density at radius 2 is 0.691 bits per heavy atom. The number of nitrogens with one attached hydrogen (secondary N) is 6. The van der Waals surface area contributed by atoms with Crippen LogP contribution in [0.15, 0.2) is 0 Å². The second-order valence-electron chi connectivity index (χ2n) is 14.2. The van der Waals surface area contributed by atoms with Crippen LogP contribution in [0.1, 0.15) is 125 Å². The Hall–Kier alpha value is -3.42. The Morgan fingerprint density at radius 1 is 0.364 bits per heavy atom. The summed E-state index contributed by atoms with van der Waals surface area (Å²) in [5.74, 6) is -2.36. The zero-order valence-electron chi connectivity index (χ0n) is 33.3. The highest BCUT2D eigenvalue weighted by atomic mass is 16.7. The molecule has 9 amide bonds. The summed E-state index contributed by atoms with van der Waals surface area (Å²) < 4.78 is 33.8. The van der Waals surface area contributed by atoms with Crippen molar-refractivity contribution in [3.05, 3.63) is 0 Å². The lowest BCUT2D eigenvalue weighted by atomic mass is 9.78. The summed E-state index contributed by atoms with van der Waals surface area (Å²) in [6, 6.07) is -1.20. The van der Waals surface area contributed by atoms with Crippen LogP contribution in [0.25, 0.3) is 0 Å². The maximum Gasteiger partial charge on any atom is 0.322 e.